The van der Waals surface area contributed by atoms with E-state index in [1.165, 1.54) is 23.1 Å². The highest BCUT2D eigenvalue weighted by molar-refractivity contribution is 8.00. The lowest BCUT2D eigenvalue weighted by Crippen LogP contribution is -2.30. The molecule has 39 heavy (non-hydrogen) atoms. The molecule has 0 aliphatic heterocycles. The third-order valence-electron chi connectivity index (χ3n) is 5.55. The molecular formula is C30H26ClN3O3S2. The summed E-state index contributed by atoms with van der Waals surface area (Å²) in [4.78, 5) is 39.8. The van der Waals surface area contributed by atoms with Crippen LogP contribution >= 0.6 is 34.7 Å². The number of anilines is 2. The van der Waals surface area contributed by atoms with Gasteiger partial charge in [0.15, 0.2) is 0 Å². The van der Waals surface area contributed by atoms with Crippen molar-refractivity contribution >= 4 is 69.9 Å². The monoisotopic (exact) mass is 575 g/mol. The van der Waals surface area contributed by atoms with Gasteiger partial charge in [0, 0.05) is 16.1 Å². The van der Waals surface area contributed by atoms with Crippen molar-refractivity contribution < 1.29 is 14.4 Å². The summed E-state index contributed by atoms with van der Waals surface area (Å²) in [5.74, 6) is -1.00. The van der Waals surface area contributed by atoms with E-state index in [1.54, 1.807) is 66.7 Å². The van der Waals surface area contributed by atoms with Crippen LogP contribution in [0.4, 0.5) is 11.4 Å². The first kappa shape index (κ1) is 28.2. The summed E-state index contributed by atoms with van der Waals surface area (Å²) in [6.07, 6.45) is 2.23. The van der Waals surface area contributed by atoms with Gasteiger partial charge in [0.1, 0.15) is 5.70 Å². The van der Waals surface area contributed by atoms with Gasteiger partial charge in [0.05, 0.1) is 16.0 Å². The van der Waals surface area contributed by atoms with E-state index in [2.05, 4.69) is 16.0 Å². The van der Waals surface area contributed by atoms with Crippen molar-refractivity contribution in [3.05, 3.63) is 118 Å². The lowest BCUT2D eigenvalue weighted by Gasteiger charge is -2.16. The number of nitrogens with one attached hydrogen (secondary N) is 3. The molecule has 1 unspecified atom stereocenters. The molecule has 6 nitrogen and oxygen atoms in total. The number of hydrogen-bond acceptors (Lipinski definition) is 5. The molecule has 3 N–H and O–H groups in total. The lowest BCUT2D eigenvalue weighted by molar-refractivity contribution is -0.116. The predicted molar refractivity (Wildman–Crippen MR) is 161 cm³/mol. The second kappa shape index (κ2) is 13.8. The molecule has 9 heteroatoms. The first-order valence-electron chi connectivity index (χ1n) is 12.2. The van der Waals surface area contributed by atoms with Crippen molar-refractivity contribution in [2.45, 2.75) is 23.5 Å². The van der Waals surface area contributed by atoms with Crippen LogP contribution in [0.5, 0.6) is 0 Å². The van der Waals surface area contributed by atoms with Gasteiger partial charge in [-0.2, -0.15) is 11.3 Å². The average Bonchev–Trinajstić information content (AvgIpc) is 3.46. The van der Waals surface area contributed by atoms with Gasteiger partial charge in [-0.25, -0.2) is 0 Å². The Morgan fingerprint density at radius 2 is 1.72 bits per heavy atom. The van der Waals surface area contributed by atoms with Crippen LogP contribution in [-0.2, 0) is 9.59 Å². The summed E-state index contributed by atoms with van der Waals surface area (Å²) in [5.41, 5.74) is 2.47. The van der Waals surface area contributed by atoms with Gasteiger partial charge in [-0.3, -0.25) is 14.4 Å². The molecule has 1 heterocycles. The SMILES string of the molecule is CCC(Sc1cccc(NC(=O)/C(=C/c2ccsc2)NC(=O)c2ccccc2)c1)C(=O)Nc1ccccc1Cl. The number of para-hydroxylation sites is 1. The Labute approximate surface area is 240 Å². The first-order valence-corrected chi connectivity index (χ1v) is 14.4. The number of thioether (sulfide) groups is 1. The summed E-state index contributed by atoms with van der Waals surface area (Å²) in [5, 5.41) is 12.4. The van der Waals surface area contributed by atoms with Crippen LogP contribution in [-0.4, -0.2) is 23.0 Å². The van der Waals surface area contributed by atoms with Gasteiger partial charge < -0.3 is 16.0 Å². The Kier molecular flexibility index (Phi) is 9.97. The summed E-state index contributed by atoms with van der Waals surface area (Å²) in [6, 6.07) is 24.9. The van der Waals surface area contributed by atoms with Crippen LogP contribution < -0.4 is 16.0 Å². The molecule has 0 fully saturated rings. The summed E-state index contributed by atoms with van der Waals surface area (Å²) < 4.78 is 0. The zero-order valence-corrected chi connectivity index (χ0v) is 23.4. The molecular weight excluding hydrogens is 550 g/mol. The molecule has 4 aromatic rings. The number of halogens is 1. The number of carbonyl (C=O) groups is 3. The van der Waals surface area contributed by atoms with E-state index < -0.39 is 5.91 Å². The number of benzene rings is 3. The van der Waals surface area contributed by atoms with Crippen LogP contribution in [0.15, 0.2) is 106 Å². The zero-order valence-electron chi connectivity index (χ0n) is 21.0. The Morgan fingerprint density at radius 3 is 2.44 bits per heavy atom. The standard InChI is InChI=1S/C30H26ClN3O3S2/c1-2-27(30(37)33-25-14-7-6-13-24(25)31)39-23-12-8-11-22(18-23)32-29(36)26(17-20-15-16-38-19-20)34-28(35)21-9-4-3-5-10-21/h3-19,27H,2H2,1H3,(H,32,36)(H,33,37)(H,34,35)/b26-17-. The molecule has 1 aromatic heterocycles. The van der Waals surface area contributed by atoms with Crippen molar-refractivity contribution in [1.29, 1.82) is 0 Å². The highest BCUT2D eigenvalue weighted by Gasteiger charge is 2.20. The number of rotatable bonds is 10. The largest absolute Gasteiger partial charge is 0.324 e. The van der Waals surface area contributed by atoms with Gasteiger partial charge in [0.25, 0.3) is 11.8 Å². The Bertz CT molecular complexity index is 1470. The van der Waals surface area contributed by atoms with Crippen molar-refractivity contribution in [3.63, 3.8) is 0 Å². The normalized spacial score (nSPS) is 11.9. The molecule has 0 saturated heterocycles. The first-order chi connectivity index (χ1) is 18.9. The minimum atomic E-state index is -0.462. The number of amides is 3. The minimum Gasteiger partial charge on any atom is -0.324 e. The van der Waals surface area contributed by atoms with Crippen LogP contribution in [0.2, 0.25) is 5.02 Å². The van der Waals surface area contributed by atoms with Crippen LogP contribution in [0.3, 0.4) is 0 Å². The topological polar surface area (TPSA) is 87.3 Å². The van der Waals surface area contributed by atoms with Gasteiger partial charge in [0.2, 0.25) is 5.91 Å². The fourth-order valence-electron chi connectivity index (χ4n) is 3.57. The van der Waals surface area contributed by atoms with Crippen LogP contribution in [0.25, 0.3) is 6.08 Å². The molecule has 0 radical (unpaired) electrons. The maximum atomic E-state index is 13.3. The van der Waals surface area contributed by atoms with Gasteiger partial charge in [-0.05, 0) is 77.4 Å². The third-order valence-corrected chi connectivity index (χ3v) is 7.94. The lowest BCUT2D eigenvalue weighted by atomic mass is 10.2. The van der Waals surface area contributed by atoms with E-state index in [0.717, 1.165) is 10.5 Å². The molecule has 3 amide bonds. The van der Waals surface area contributed by atoms with Gasteiger partial charge in [-0.1, -0.05) is 54.9 Å². The van der Waals surface area contributed by atoms with E-state index >= 15 is 0 Å². The molecule has 1 atom stereocenters. The van der Waals surface area contributed by atoms with E-state index in [4.69, 9.17) is 11.6 Å². The van der Waals surface area contributed by atoms with E-state index in [0.29, 0.717) is 28.4 Å². The average molecular weight is 576 g/mol. The number of thiophene rings is 1. The molecule has 0 aliphatic carbocycles. The molecule has 0 aliphatic rings. The van der Waals surface area contributed by atoms with Crippen LogP contribution in [0, 0.1) is 0 Å². The smallest absolute Gasteiger partial charge is 0.272 e. The molecule has 0 bridgehead atoms. The van der Waals surface area contributed by atoms with Crippen LogP contribution in [0.1, 0.15) is 29.3 Å². The Morgan fingerprint density at radius 1 is 0.949 bits per heavy atom. The Hall–Kier alpha value is -3.85. The molecule has 3 aromatic carbocycles. The molecule has 4 rings (SSSR count). The van der Waals surface area contributed by atoms with Gasteiger partial charge >= 0.3 is 0 Å². The predicted octanol–water partition coefficient (Wildman–Crippen LogP) is 7.32. The fraction of sp³-hybridized carbons (Fsp3) is 0.100. The van der Waals surface area contributed by atoms with Crippen molar-refractivity contribution in [2.24, 2.45) is 0 Å². The van der Waals surface area contributed by atoms with Crippen molar-refractivity contribution in [3.8, 4) is 0 Å². The highest BCUT2D eigenvalue weighted by atomic mass is 35.5. The fourth-order valence-corrected chi connectivity index (χ4v) is 5.39. The Balaban J connectivity index is 1.47. The molecule has 0 spiro atoms. The highest BCUT2D eigenvalue weighted by Crippen LogP contribution is 2.30. The summed E-state index contributed by atoms with van der Waals surface area (Å²) in [7, 11) is 0. The molecule has 198 valence electrons. The molecule has 0 saturated carbocycles. The minimum absolute atomic E-state index is 0.117. The van der Waals surface area contributed by atoms with Gasteiger partial charge in [-0.15, -0.1) is 11.8 Å². The van der Waals surface area contributed by atoms with Crippen molar-refractivity contribution in [1.82, 2.24) is 5.32 Å². The van der Waals surface area contributed by atoms with E-state index in [9.17, 15) is 14.4 Å². The second-order valence-corrected chi connectivity index (χ2v) is 10.9. The maximum Gasteiger partial charge on any atom is 0.272 e. The number of hydrogen-bond donors (Lipinski definition) is 3. The second-order valence-electron chi connectivity index (χ2n) is 8.40. The van der Waals surface area contributed by atoms with E-state index in [1.807, 2.05) is 41.9 Å². The van der Waals surface area contributed by atoms with E-state index in [-0.39, 0.29) is 22.8 Å². The summed E-state index contributed by atoms with van der Waals surface area (Å²) >= 11 is 9.08. The summed E-state index contributed by atoms with van der Waals surface area (Å²) in [6.45, 7) is 1.94. The quantitative estimate of drug-likeness (QED) is 0.137. The maximum absolute atomic E-state index is 13.3. The number of carbonyl (C=O) groups excluding carboxylic acids is 3. The zero-order chi connectivity index (χ0) is 27.6. The van der Waals surface area contributed by atoms with Crippen molar-refractivity contribution in [2.75, 3.05) is 10.6 Å². The third kappa shape index (κ3) is 8.07.